The minimum atomic E-state index is -1.00. The van der Waals surface area contributed by atoms with Crippen LogP contribution in [0.3, 0.4) is 0 Å². The third kappa shape index (κ3) is 2.87. The molecule has 4 nitrogen and oxygen atoms in total. The molecule has 1 aromatic heterocycles. The SMILES string of the molecule is CC(C)c1cccc(Nc2nc(C(=O)O)cs2)c1. The molecule has 1 heterocycles. The first-order valence-corrected chi connectivity index (χ1v) is 6.50. The average Bonchev–Trinajstić information content (AvgIpc) is 2.78. The number of hydrogen-bond donors (Lipinski definition) is 2. The van der Waals surface area contributed by atoms with Gasteiger partial charge < -0.3 is 10.4 Å². The van der Waals surface area contributed by atoms with Crippen LogP contribution in [0.15, 0.2) is 29.6 Å². The predicted molar refractivity (Wildman–Crippen MR) is 72.9 cm³/mol. The number of rotatable bonds is 4. The molecule has 0 saturated carbocycles. The second-order valence-corrected chi connectivity index (χ2v) is 5.11. The molecule has 0 aliphatic carbocycles. The molecule has 0 atom stereocenters. The summed E-state index contributed by atoms with van der Waals surface area (Å²) in [6.45, 7) is 4.26. The molecule has 0 bridgehead atoms. The smallest absolute Gasteiger partial charge is 0.355 e. The summed E-state index contributed by atoms with van der Waals surface area (Å²) >= 11 is 1.28. The molecule has 0 radical (unpaired) electrons. The lowest BCUT2D eigenvalue weighted by atomic mass is 10.0. The second-order valence-electron chi connectivity index (χ2n) is 4.25. The number of aromatic carboxylic acids is 1. The van der Waals surface area contributed by atoms with E-state index in [1.165, 1.54) is 22.3 Å². The van der Waals surface area contributed by atoms with E-state index in [9.17, 15) is 4.79 Å². The lowest BCUT2D eigenvalue weighted by Crippen LogP contribution is -1.97. The standard InChI is InChI=1S/C13H14N2O2S/c1-8(2)9-4-3-5-10(6-9)14-13-15-11(7-18-13)12(16)17/h3-8H,1-2H3,(H,14,15)(H,16,17). The predicted octanol–water partition coefficient (Wildman–Crippen LogP) is 3.71. The molecule has 0 unspecified atom stereocenters. The van der Waals surface area contributed by atoms with Gasteiger partial charge in [-0.1, -0.05) is 26.0 Å². The molecule has 0 spiro atoms. The Morgan fingerprint density at radius 2 is 2.22 bits per heavy atom. The van der Waals surface area contributed by atoms with Crippen LogP contribution < -0.4 is 5.32 Å². The number of hydrogen-bond acceptors (Lipinski definition) is 4. The normalized spacial score (nSPS) is 10.6. The van der Waals surface area contributed by atoms with Crippen molar-refractivity contribution in [3.8, 4) is 0 Å². The van der Waals surface area contributed by atoms with Gasteiger partial charge in [0.15, 0.2) is 10.8 Å². The van der Waals surface area contributed by atoms with Crippen LogP contribution in [0.25, 0.3) is 0 Å². The van der Waals surface area contributed by atoms with Gasteiger partial charge in [0, 0.05) is 11.1 Å². The van der Waals surface area contributed by atoms with Crippen molar-refractivity contribution in [2.45, 2.75) is 19.8 Å². The summed E-state index contributed by atoms with van der Waals surface area (Å²) < 4.78 is 0. The molecule has 94 valence electrons. The van der Waals surface area contributed by atoms with Crippen LogP contribution in [0, 0.1) is 0 Å². The molecular formula is C13H14N2O2S. The number of nitrogens with zero attached hydrogens (tertiary/aromatic N) is 1. The summed E-state index contributed by atoms with van der Waals surface area (Å²) in [5.74, 6) is -0.548. The molecule has 2 N–H and O–H groups in total. The van der Waals surface area contributed by atoms with Gasteiger partial charge in [0.2, 0.25) is 0 Å². The molecule has 2 aromatic rings. The zero-order chi connectivity index (χ0) is 13.1. The quantitative estimate of drug-likeness (QED) is 0.881. The zero-order valence-electron chi connectivity index (χ0n) is 10.2. The van der Waals surface area contributed by atoms with Gasteiger partial charge in [-0.15, -0.1) is 11.3 Å². The maximum atomic E-state index is 10.7. The Kier molecular flexibility index (Phi) is 3.62. The van der Waals surface area contributed by atoms with E-state index in [1.807, 2.05) is 18.2 Å². The van der Waals surface area contributed by atoms with Crippen LogP contribution in [0.4, 0.5) is 10.8 Å². The number of carbonyl (C=O) groups is 1. The van der Waals surface area contributed by atoms with Crippen molar-refractivity contribution in [1.29, 1.82) is 0 Å². The largest absolute Gasteiger partial charge is 0.476 e. The van der Waals surface area contributed by atoms with Crippen LogP contribution >= 0.6 is 11.3 Å². The van der Waals surface area contributed by atoms with Crippen molar-refractivity contribution in [2.24, 2.45) is 0 Å². The van der Waals surface area contributed by atoms with E-state index in [-0.39, 0.29) is 5.69 Å². The molecule has 0 amide bonds. The first-order chi connectivity index (χ1) is 8.56. The van der Waals surface area contributed by atoms with E-state index in [0.717, 1.165) is 5.69 Å². The van der Waals surface area contributed by atoms with Gasteiger partial charge in [0.05, 0.1) is 0 Å². The van der Waals surface area contributed by atoms with Gasteiger partial charge >= 0.3 is 5.97 Å². The number of nitrogens with one attached hydrogen (secondary N) is 1. The average molecular weight is 262 g/mol. The van der Waals surface area contributed by atoms with E-state index >= 15 is 0 Å². The van der Waals surface area contributed by atoms with E-state index in [2.05, 4.69) is 30.2 Å². The second kappa shape index (κ2) is 5.18. The van der Waals surface area contributed by atoms with Crippen molar-refractivity contribution < 1.29 is 9.90 Å². The van der Waals surface area contributed by atoms with Gasteiger partial charge in [0.1, 0.15) is 0 Å². The van der Waals surface area contributed by atoms with Crippen molar-refractivity contribution in [1.82, 2.24) is 4.98 Å². The Hall–Kier alpha value is -1.88. The molecular weight excluding hydrogens is 248 g/mol. The molecule has 0 fully saturated rings. The number of anilines is 2. The summed E-state index contributed by atoms with van der Waals surface area (Å²) in [6, 6.07) is 8.03. The molecule has 1 aromatic carbocycles. The molecule has 2 rings (SSSR count). The third-order valence-corrected chi connectivity index (χ3v) is 3.29. The van der Waals surface area contributed by atoms with Gasteiger partial charge in [-0.05, 0) is 23.6 Å². The third-order valence-electron chi connectivity index (χ3n) is 2.53. The Morgan fingerprint density at radius 1 is 1.44 bits per heavy atom. The Labute approximate surface area is 109 Å². The van der Waals surface area contributed by atoms with Crippen LogP contribution in [0.2, 0.25) is 0 Å². The summed E-state index contributed by atoms with van der Waals surface area (Å²) in [6.07, 6.45) is 0. The minimum Gasteiger partial charge on any atom is -0.476 e. The zero-order valence-corrected chi connectivity index (χ0v) is 11.0. The molecule has 0 aliphatic heterocycles. The number of aromatic nitrogens is 1. The highest BCUT2D eigenvalue weighted by Gasteiger charge is 2.08. The summed E-state index contributed by atoms with van der Waals surface area (Å²) in [4.78, 5) is 14.7. The molecule has 5 heteroatoms. The lowest BCUT2D eigenvalue weighted by molar-refractivity contribution is 0.0691. The number of benzene rings is 1. The fourth-order valence-corrected chi connectivity index (χ4v) is 2.23. The fourth-order valence-electron chi connectivity index (χ4n) is 1.53. The maximum absolute atomic E-state index is 10.7. The van der Waals surface area contributed by atoms with E-state index in [0.29, 0.717) is 11.0 Å². The maximum Gasteiger partial charge on any atom is 0.355 e. The highest BCUT2D eigenvalue weighted by molar-refractivity contribution is 7.14. The summed E-state index contributed by atoms with van der Waals surface area (Å²) in [5, 5.41) is 14.0. The van der Waals surface area contributed by atoms with Crippen LogP contribution in [-0.4, -0.2) is 16.1 Å². The highest BCUT2D eigenvalue weighted by Crippen LogP contribution is 2.24. The van der Waals surface area contributed by atoms with Crippen LogP contribution in [0.5, 0.6) is 0 Å². The van der Waals surface area contributed by atoms with Gasteiger partial charge in [-0.25, -0.2) is 9.78 Å². The first-order valence-electron chi connectivity index (χ1n) is 5.62. The van der Waals surface area contributed by atoms with Crippen molar-refractivity contribution in [3.05, 3.63) is 40.9 Å². The molecule has 18 heavy (non-hydrogen) atoms. The lowest BCUT2D eigenvalue weighted by Gasteiger charge is -2.08. The molecule has 0 aliphatic rings. The number of carboxylic acid groups (broad SMARTS) is 1. The monoisotopic (exact) mass is 262 g/mol. The van der Waals surface area contributed by atoms with Crippen molar-refractivity contribution >= 4 is 28.1 Å². The summed E-state index contributed by atoms with van der Waals surface area (Å²) in [5.41, 5.74) is 2.23. The fraction of sp³-hybridized carbons (Fsp3) is 0.231. The number of thiazole rings is 1. The van der Waals surface area contributed by atoms with E-state index < -0.39 is 5.97 Å². The van der Waals surface area contributed by atoms with E-state index in [1.54, 1.807) is 0 Å². The van der Waals surface area contributed by atoms with Crippen LogP contribution in [0.1, 0.15) is 35.8 Å². The Bertz CT molecular complexity index is 564. The Morgan fingerprint density at radius 3 is 2.83 bits per heavy atom. The van der Waals surface area contributed by atoms with Crippen molar-refractivity contribution in [3.63, 3.8) is 0 Å². The Balaban J connectivity index is 2.17. The minimum absolute atomic E-state index is 0.0718. The highest BCUT2D eigenvalue weighted by atomic mass is 32.1. The van der Waals surface area contributed by atoms with E-state index in [4.69, 9.17) is 5.11 Å². The van der Waals surface area contributed by atoms with Crippen molar-refractivity contribution in [2.75, 3.05) is 5.32 Å². The summed E-state index contributed by atoms with van der Waals surface area (Å²) in [7, 11) is 0. The first kappa shape index (κ1) is 12.6. The van der Waals surface area contributed by atoms with Gasteiger partial charge in [-0.3, -0.25) is 0 Å². The van der Waals surface area contributed by atoms with Crippen LogP contribution in [-0.2, 0) is 0 Å². The van der Waals surface area contributed by atoms with Gasteiger partial charge in [0.25, 0.3) is 0 Å². The van der Waals surface area contributed by atoms with Gasteiger partial charge in [-0.2, -0.15) is 0 Å². The molecule has 0 saturated heterocycles. The topological polar surface area (TPSA) is 62.2 Å². The number of carboxylic acids is 1.